The molecule has 1 unspecified atom stereocenters. The van der Waals surface area contributed by atoms with Crippen molar-refractivity contribution in [1.29, 1.82) is 0 Å². The third-order valence-electron chi connectivity index (χ3n) is 2.98. The largest absolute Gasteiger partial charge is 0.416 e. The van der Waals surface area contributed by atoms with Gasteiger partial charge in [-0.2, -0.15) is 13.2 Å². The zero-order valence-corrected chi connectivity index (χ0v) is 9.05. The van der Waals surface area contributed by atoms with Gasteiger partial charge >= 0.3 is 6.18 Å². The smallest absolute Gasteiger partial charge is 0.310 e. The molecule has 1 N–H and O–H groups in total. The maximum absolute atomic E-state index is 12.6. The molecule has 1 fully saturated rings. The summed E-state index contributed by atoms with van der Waals surface area (Å²) in [5.41, 5.74) is 0.0801. The maximum Gasteiger partial charge on any atom is 0.416 e. The molecule has 1 aliphatic rings. The molecule has 0 spiro atoms. The number of nitrogens with one attached hydrogen (secondary N) is 1. The molecular weight excluding hydrogens is 231 g/mol. The van der Waals surface area contributed by atoms with Crippen molar-refractivity contribution in [3.8, 4) is 0 Å². The Kier molecular flexibility index (Phi) is 3.19. The van der Waals surface area contributed by atoms with E-state index in [0.29, 0.717) is 17.4 Å². The van der Waals surface area contributed by atoms with E-state index in [2.05, 4.69) is 5.32 Å². The lowest BCUT2D eigenvalue weighted by atomic mass is 9.97. The van der Waals surface area contributed by atoms with Crippen LogP contribution in [0.2, 0.25) is 0 Å². The molecule has 17 heavy (non-hydrogen) atoms. The number of alkyl halides is 3. The van der Waals surface area contributed by atoms with Gasteiger partial charge in [0, 0.05) is 11.6 Å². The van der Waals surface area contributed by atoms with Gasteiger partial charge in [0.25, 0.3) is 0 Å². The van der Waals surface area contributed by atoms with Gasteiger partial charge in [0.15, 0.2) is 0 Å². The van der Waals surface area contributed by atoms with Crippen LogP contribution in [0.25, 0.3) is 0 Å². The van der Waals surface area contributed by atoms with Crippen molar-refractivity contribution in [2.75, 3.05) is 6.54 Å². The lowest BCUT2D eigenvalue weighted by molar-refractivity contribution is -0.137. The van der Waals surface area contributed by atoms with E-state index < -0.39 is 11.7 Å². The second kappa shape index (κ2) is 4.49. The van der Waals surface area contributed by atoms with Crippen LogP contribution in [0, 0.1) is 0 Å². The van der Waals surface area contributed by atoms with Crippen LogP contribution in [-0.2, 0) is 6.18 Å². The highest BCUT2D eigenvalue weighted by atomic mass is 19.4. The van der Waals surface area contributed by atoms with Gasteiger partial charge in [-0.05, 0) is 37.1 Å². The van der Waals surface area contributed by atoms with E-state index in [1.165, 1.54) is 6.07 Å². The van der Waals surface area contributed by atoms with E-state index in [9.17, 15) is 18.0 Å². The average molecular weight is 243 g/mol. The van der Waals surface area contributed by atoms with E-state index >= 15 is 0 Å². The molecule has 1 aromatic rings. The fraction of sp³-hybridized carbons (Fsp3) is 0.417. The van der Waals surface area contributed by atoms with E-state index in [-0.39, 0.29) is 6.04 Å². The summed E-state index contributed by atoms with van der Waals surface area (Å²) in [7, 11) is 0. The van der Waals surface area contributed by atoms with E-state index in [0.717, 1.165) is 31.5 Å². The van der Waals surface area contributed by atoms with Crippen molar-refractivity contribution in [1.82, 2.24) is 5.32 Å². The highest BCUT2D eigenvalue weighted by Crippen LogP contribution is 2.33. The highest BCUT2D eigenvalue weighted by molar-refractivity contribution is 5.77. The Labute approximate surface area is 96.8 Å². The zero-order chi connectivity index (χ0) is 12.5. The number of hydrogen-bond acceptors (Lipinski definition) is 2. The molecule has 1 atom stereocenters. The van der Waals surface area contributed by atoms with Gasteiger partial charge in [0.2, 0.25) is 0 Å². The molecule has 0 saturated carbocycles. The molecule has 2 nitrogen and oxygen atoms in total. The summed E-state index contributed by atoms with van der Waals surface area (Å²) in [4.78, 5) is 10.8. The molecule has 1 heterocycles. The van der Waals surface area contributed by atoms with Crippen LogP contribution in [-0.4, -0.2) is 12.8 Å². The summed E-state index contributed by atoms with van der Waals surface area (Å²) in [6.07, 6.45) is -2.08. The molecule has 92 valence electrons. The van der Waals surface area contributed by atoms with Crippen LogP contribution in [0.1, 0.15) is 40.4 Å². The number of hydrogen-bond donors (Lipinski definition) is 1. The van der Waals surface area contributed by atoms with Crippen LogP contribution in [0.4, 0.5) is 13.2 Å². The van der Waals surface area contributed by atoms with Gasteiger partial charge in [-0.3, -0.25) is 4.79 Å². The number of benzene rings is 1. The molecule has 5 heteroatoms. The molecule has 0 amide bonds. The quantitative estimate of drug-likeness (QED) is 0.809. The van der Waals surface area contributed by atoms with Crippen molar-refractivity contribution in [3.63, 3.8) is 0 Å². The van der Waals surface area contributed by atoms with Gasteiger partial charge in [-0.25, -0.2) is 0 Å². The third-order valence-corrected chi connectivity index (χ3v) is 2.98. The minimum absolute atomic E-state index is 0.141. The Balaban J connectivity index is 2.42. The Hall–Kier alpha value is -1.36. The van der Waals surface area contributed by atoms with Gasteiger partial charge in [0.1, 0.15) is 6.29 Å². The molecule has 0 aromatic heterocycles. The summed E-state index contributed by atoms with van der Waals surface area (Å²) in [5.74, 6) is 0. The van der Waals surface area contributed by atoms with Crippen LogP contribution in [0.15, 0.2) is 18.2 Å². The first-order valence-electron chi connectivity index (χ1n) is 5.42. The molecule has 0 aliphatic carbocycles. The zero-order valence-electron chi connectivity index (χ0n) is 9.05. The molecule has 0 bridgehead atoms. The lowest BCUT2D eigenvalue weighted by Gasteiger charge is -2.15. The van der Waals surface area contributed by atoms with Crippen LogP contribution in [0.5, 0.6) is 0 Å². The number of halogens is 3. The number of carbonyl (C=O) groups is 1. The summed E-state index contributed by atoms with van der Waals surface area (Å²) in [5, 5.41) is 3.10. The van der Waals surface area contributed by atoms with Crippen molar-refractivity contribution < 1.29 is 18.0 Å². The standard InChI is InChI=1S/C12H12F3NO/c13-12(14,15)9-4-3-8(7-17)10(6-9)11-2-1-5-16-11/h3-4,6-7,11,16H,1-2,5H2. The van der Waals surface area contributed by atoms with Gasteiger partial charge in [-0.15, -0.1) is 0 Å². The summed E-state index contributed by atoms with van der Waals surface area (Å²) < 4.78 is 37.7. The highest BCUT2D eigenvalue weighted by Gasteiger charge is 2.32. The molecule has 1 saturated heterocycles. The van der Waals surface area contributed by atoms with Crippen LogP contribution >= 0.6 is 0 Å². The second-order valence-corrected chi connectivity index (χ2v) is 4.11. The maximum atomic E-state index is 12.6. The molecule has 0 radical (unpaired) electrons. The Morgan fingerprint density at radius 3 is 2.65 bits per heavy atom. The number of aldehydes is 1. The Morgan fingerprint density at radius 1 is 1.35 bits per heavy atom. The molecule has 2 rings (SSSR count). The number of carbonyl (C=O) groups excluding carboxylic acids is 1. The van der Waals surface area contributed by atoms with Crippen LogP contribution in [0.3, 0.4) is 0 Å². The average Bonchev–Trinajstić information content (AvgIpc) is 2.80. The Morgan fingerprint density at radius 2 is 2.12 bits per heavy atom. The summed E-state index contributed by atoms with van der Waals surface area (Å²) >= 11 is 0. The summed E-state index contributed by atoms with van der Waals surface area (Å²) in [6, 6.07) is 3.12. The minimum atomic E-state index is -4.37. The molecule has 1 aromatic carbocycles. The second-order valence-electron chi connectivity index (χ2n) is 4.11. The molecule has 1 aliphatic heterocycles. The third kappa shape index (κ3) is 2.49. The summed E-state index contributed by atoms with van der Waals surface area (Å²) in [6.45, 7) is 0.777. The predicted molar refractivity (Wildman–Crippen MR) is 56.8 cm³/mol. The topological polar surface area (TPSA) is 29.1 Å². The molecular formula is C12H12F3NO. The van der Waals surface area contributed by atoms with Gasteiger partial charge < -0.3 is 5.32 Å². The fourth-order valence-electron chi connectivity index (χ4n) is 2.11. The Bertz CT molecular complexity index is 422. The van der Waals surface area contributed by atoms with Crippen molar-refractivity contribution >= 4 is 6.29 Å². The van der Waals surface area contributed by atoms with Crippen LogP contribution < -0.4 is 5.32 Å². The van der Waals surface area contributed by atoms with Gasteiger partial charge in [0.05, 0.1) is 5.56 Å². The van der Waals surface area contributed by atoms with E-state index in [1.54, 1.807) is 0 Å². The van der Waals surface area contributed by atoms with E-state index in [4.69, 9.17) is 0 Å². The van der Waals surface area contributed by atoms with Crippen molar-refractivity contribution in [2.24, 2.45) is 0 Å². The first kappa shape index (κ1) is 12.1. The monoisotopic (exact) mass is 243 g/mol. The van der Waals surface area contributed by atoms with E-state index in [1.807, 2.05) is 0 Å². The fourth-order valence-corrected chi connectivity index (χ4v) is 2.11. The lowest BCUT2D eigenvalue weighted by Crippen LogP contribution is -2.16. The first-order valence-corrected chi connectivity index (χ1v) is 5.42. The number of rotatable bonds is 2. The minimum Gasteiger partial charge on any atom is -0.310 e. The van der Waals surface area contributed by atoms with Crippen molar-refractivity contribution in [3.05, 3.63) is 34.9 Å². The SMILES string of the molecule is O=Cc1ccc(C(F)(F)F)cc1C1CCCN1. The van der Waals surface area contributed by atoms with Crippen molar-refractivity contribution in [2.45, 2.75) is 25.1 Å². The predicted octanol–water partition coefficient (Wildman–Crippen LogP) is 2.94. The normalized spacial score (nSPS) is 20.5. The van der Waals surface area contributed by atoms with Gasteiger partial charge in [-0.1, -0.05) is 6.07 Å². The first-order chi connectivity index (χ1) is 8.02.